The molecule has 1 aromatic carbocycles. The van der Waals surface area contributed by atoms with Crippen LogP contribution in [0.25, 0.3) is 0 Å². The van der Waals surface area contributed by atoms with Crippen LogP contribution in [0.4, 0.5) is 5.69 Å². The van der Waals surface area contributed by atoms with Crippen molar-refractivity contribution in [3.8, 4) is 5.75 Å². The first-order valence-corrected chi connectivity index (χ1v) is 7.01. The second kappa shape index (κ2) is 6.13. The molecule has 1 heterocycles. The highest BCUT2D eigenvalue weighted by atomic mass is 16.5. The van der Waals surface area contributed by atoms with Crippen LogP contribution < -0.4 is 21.1 Å². The second-order valence-electron chi connectivity index (χ2n) is 5.59. The van der Waals surface area contributed by atoms with Gasteiger partial charge in [0.25, 0.3) is 5.91 Å². The zero-order valence-corrected chi connectivity index (χ0v) is 12.3. The van der Waals surface area contributed by atoms with Crippen LogP contribution in [0.3, 0.4) is 0 Å². The molecule has 0 radical (unpaired) electrons. The number of nitrogens with two attached hydrogens (primary N) is 2. The van der Waals surface area contributed by atoms with Crippen LogP contribution >= 0.6 is 0 Å². The SMILES string of the molecule is CC(C)C(N)CC(=O)N1CC(C(N)=O)Oc2ccccc21. The number of primary amides is 1. The fourth-order valence-electron chi connectivity index (χ4n) is 2.17. The maximum atomic E-state index is 12.5. The molecule has 2 unspecified atom stereocenters. The fourth-order valence-corrected chi connectivity index (χ4v) is 2.17. The molecule has 0 saturated heterocycles. The Morgan fingerprint density at radius 1 is 1.38 bits per heavy atom. The molecule has 2 atom stereocenters. The number of benzene rings is 1. The van der Waals surface area contributed by atoms with Gasteiger partial charge < -0.3 is 21.1 Å². The predicted molar refractivity (Wildman–Crippen MR) is 79.8 cm³/mol. The van der Waals surface area contributed by atoms with E-state index < -0.39 is 12.0 Å². The molecule has 1 aliphatic heterocycles. The molecule has 1 aromatic rings. The summed E-state index contributed by atoms with van der Waals surface area (Å²) in [7, 11) is 0. The van der Waals surface area contributed by atoms with Crippen molar-refractivity contribution in [3.63, 3.8) is 0 Å². The van der Waals surface area contributed by atoms with Crippen molar-refractivity contribution < 1.29 is 14.3 Å². The molecule has 0 fully saturated rings. The monoisotopic (exact) mass is 291 g/mol. The molecule has 2 rings (SSSR count). The number of amides is 2. The minimum atomic E-state index is -0.834. The van der Waals surface area contributed by atoms with Gasteiger partial charge in [-0.25, -0.2) is 0 Å². The van der Waals surface area contributed by atoms with Gasteiger partial charge in [0.15, 0.2) is 6.10 Å². The molecular weight excluding hydrogens is 270 g/mol. The Labute approximate surface area is 124 Å². The quantitative estimate of drug-likeness (QED) is 0.850. The zero-order chi connectivity index (χ0) is 15.6. The molecule has 2 amide bonds. The lowest BCUT2D eigenvalue weighted by Gasteiger charge is -2.34. The van der Waals surface area contributed by atoms with Gasteiger partial charge in [0.05, 0.1) is 12.2 Å². The molecule has 0 spiro atoms. The molecule has 0 aromatic heterocycles. The van der Waals surface area contributed by atoms with Gasteiger partial charge >= 0.3 is 0 Å². The highest BCUT2D eigenvalue weighted by Crippen LogP contribution is 2.33. The largest absolute Gasteiger partial charge is 0.477 e. The van der Waals surface area contributed by atoms with Crippen LogP contribution in [0.2, 0.25) is 0 Å². The van der Waals surface area contributed by atoms with Crippen LogP contribution in [0.5, 0.6) is 5.75 Å². The third-order valence-corrected chi connectivity index (χ3v) is 3.66. The van der Waals surface area contributed by atoms with E-state index in [1.807, 2.05) is 19.9 Å². The van der Waals surface area contributed by atoms with Gasteiger partial charge in [-0.05, 0) is 18.1 Å². The maximum absolute atomic E-state index is 12.5. The lowest BCUT2D eigenvalue weighted by molar-refractivity contribution is -0.125. The zero-order valence-electron chi connectivity index (χ0n) is 12.3. The molecule has 0 bridgehead atoms. The molecule has 1 aliphatic rings. The van der Waals surface area contributed by atoms with Crippen molar-refractivity contribution >= 4 is 17.5 Å². The van der Waals surface area contributed by atoms with Gasteiger partial charge in [-0.2, -0.15) is 0 Å². The normalized spacial score (nSPS) is 18.9. The Hall–Kier alpha value is -2.08. The maximum Gasteiger partial charge on any atom is 0.260 e. The molecule has 21 heavy (non-hydrogen) atoms. The van der Waals surface area contributed by atoms with Gasteiger partial charge in [0.1, 0.15) is 5.75 Å². The van der Waals surface area contributed by atoms with E-state index in [2.05, 4.69) is 0 Å². The van der Waals surface area contributed by atoms with Gasteiger partial charge in [-0.1, -0.05) is 26.0 Å². The Kier molecular flexibility index (Phi) is 4.47. The van der Waals surface area contributed by atoms with Crippen LogP contribution in [-0.2, 0) is 9.59 Å². The number of hydrogen-bond acceptors (Lipinski definition) is 4. The molecule has 114 valence electrons. The van der Waals surface area contributed by atoms with E-state index >= 15 is 0 Å². The summed E-state index contributed by atoms with van der Waals surface area (Å²) in [5, 5.41) is 0. The first kappa shape index (κ1) is 15.3. The summed E-state index contributed by atoms with van der Waals surface area (Å²) in [4.78, 5) is 25.4. The van der Waals surface area contributed by atoms with Crippen molar-refractivity contribution in [2.24, 2.45) is 17.4 Å². The Bertz CT molecular complexity index is 545. The average Bonchev–Trinajstić information content (AvgIpc) is 2.45. The minimum Gasteiger partial charge on any atom is -0.477 e. The summed E-state index contributed by atoms with van der Waals surface area (Å²) >= 11 is 0. The van der Waals surface area contributed by atoms with Gasteiger partial charge in [0, 0.05) is 12.5 Å². The van der Waals surface area contributed by atoms with E-state index in [0.29, 0.717) is 11.4 Å². The molecule has 4 N–H and O–H groups in total. The molecule has 0 saturated carbocycles. The minimum absolute atomic E-state index is 0.121. The summed E-state index contributed by atoms with van der Waals surface area (Å²) in [5.74, 6) is -0.0233. The molecule has 0 aliphatic carbocycles. The summed E-state index contributed by atoms with van der Waals surface area (Å²) < 4.78 is 5.53. The molecule has 6 nitrogen and oxygen atoms in total. The number of rotatable bonds is 4. The van der Waals surface area contributed by atoms with E-state index in [-0.39, 0.29) is 30.8 Å². The first-order chi connectivity index (χ1) is 9.90. The number of carbonyl (C=O) groups is 2. The van der Waals surface area contributed by atoms with Crippen molar-refractivity contribution in [2.75, 3.05) is 11.4 Å². The van der Waals surface area contributed by atoms with E-state index in [9.17, 15) is 9.59 Å². The summed E-state index contributed by atoms with van der Waals surface area (Å²) in [6, 6.07) is 6.87. The average molecular weight is 291 g/mol. The summed E-state index contributed by atoms with van der Waals surface area (Å²) in [6.07, 6.45) is -0.614. The van der Waals surface area contributed by atoms with Crippen LogP contribution in [0.15, 0.2) is 24.3 Å². The highest BCUT2D eigenvalue weighted by Gasteiger charge is 2.33. The predicted octanol–water partition coefficient (Wildman–Crippen LogP) is 0.639. The van der Waals surface area contributed by atoms with E-state index in [1.54, 1.807) is 18.2 Å². The van der Waals surface area contributed by atoms with E-state index in [4.69, 9.17) is 16.2 Å². The number of ether oxygens (including phenoxy) is 1. The van der Waals surface area contributed by atoms with Gasteiger partial charge in [-0.15, -0.1) is 0 Å². The van der Waals surface area contributed by atoms with Crippen LogP contribution in [0.1, 0.15) is 20.3 Å². The topological polar surface area (TPSA) is 98.7 Å². The Balaban J connectivity index is 2.25. The number of nitrogens with zero attached hydrogens (tertiary/aromatic N) is 1. The van der Waals surface area contributed by atoms with Gasteiger partial charge in [-0.3, -0.25) is 9.59 Å². The number of para-hydroxylation sites is 2. The fraction of sp³-hybridized carbons (Fsp3) is 0.467. The summed E-state index contributed by atoms with van der Waals surface area (Å²) in [5.41, 5.74) is 11.9. The molecule has 6 heteroatoms. The van der Waals surface area contributed by atoms with Crippen LogP contribution in [0, 0.1) is 5.92 Å². The number of hydrogen-bond donors (Lipinski definition) is 2. The smallest absolute Gasteiger partial charge is 0.260 e. The Morgan fingerprint density at radius 3 is 2.67 bits per heavy atom. The van der Waals surface area contributed by atoms with Crippen LogP contribution in [-0.4, -0.2) is 30.5 Å². The lowest BCUT2D eigenvalue weighted by atomic mass is 10.0. The Morgan fingerprint density at radius 2 is 2.05 bits per heavy atom. The third-order valence-electron chi connectivity index (χ3n) is 3.66. The van der Waals surface area contributed by atoms with E-state index in [1.165, 1.54) is 4.90 Å². The van der Waals surface area contributed by atoms with Gasteiger partial charge in [0.2, 0.25) is 5.91 Å². The summed E-state index contributed by atoms with van der Waals surface area (Å²) in [6.45, 7) is 4.06. The van der Waals surface area contributed by atoms with Crippen molar-refractivity contribution in [1.29, 1.82) is 0 Å². The highest BCUT2D eigenvalue weighted by molar-refractivity contribution is 5.97. The number of fused-ring (bicyclic) bond motifs is 1. The second-order valence-corrected chi connectivity index (χ2v) is 5.59. The van der Waals surface area contributed by atoms with Crippen molar-refractivity contribution in [2.45, 2.75) is 32.4 Å². The number of anilines is 1. The molecular formula is C15H21N3O3. The third kappa shape index (κ3) is 3.33. The van der Waals surface area contributed by atoms with E-state index in [0.717, 1.165) is 0 Å². The first-order valence-electron chi connectivity index (χ1n) is 7.01. The lowest BCUT2D eigenvalue weighted by Crippen LogP contribution is -2.50. The van der Waals surface area contributed by atoms with Crippen molar-refractivity contribution in [1.82, 2.24) is 0 Å². The number of carbonyl (C=O) groups excluding carboxylic acids is 2. The standard InChI is InChI=1S/C15H21N3O3/c1-9(2)10(16)7-14(19)18-8-13(15(17)20)21-12-6-4-3-5-11(12)18/h3-6,9-10,13H,7-8,16H2,1-2H3,(H2,17,20). The van der Waals surface area contributed by atoms with Crippen molar-refractivity contribution in [3.05, 3.63) is 24.3 Å².